The quantitative estimate of drug-likeness (QED) is 0.942. The van der Waals surface area contributed by atoms with Gasteiger partial charge in [-0.05, 0) is 30.7 Å². The van der Waals surface area contributed by atoms with Crippen LogP contribution in [-0.4, -0.2) is 10.1 Å². The second kappa shape index (κ2) is 5.16. The maximum atomic E-state index is 13.6. The largest absolute Gasteiger partial charge is 0.385 e. The van der Waals surface area contributed by atoms with Crippen LogP contribution in [0.15, 0.2) is 47.2 Å². The topological polar surface area (TPSA) is 33.1 Å². The van der Waals surface area contributed by atoms with Crippen molar-refractivity contribution in [1.29, 1.82) is 0 Å². The normalized spacial score (nSPS) is 14.2. The van der Waals surface area contributed by atoms with Crippen molar-refractivity contribution in [3.8, 4) is 0 Å². The Morgan fingerprint density at radius 3 is 2.56 bits per heavy atom. The van der Waals surface area contributed by atoms with E-state index in [-0.39, 0.29) is 5.56 Å². The number of pyridine rings is 1. The molecule has 2 rings (SSSR count). The number of rotatable bonds is 3. The van der Waals surface area contributed by atoms with E-state index in [0.717, 1.165) is 16.2 Å². The van der Waals surface area contributed by atoms with Gasteiger partial charge in [0.05, 0.1) is 11.8 Å². The highest BCUT2D eigenvalue weighted by molar-refractivity contribution is 9.10. The number of nitrogens with zero attached hydrogens (tertiary/aromatic N) is 1. The fraction of sp³-hybridized carbons (Fsp3) is 0.214. The average Bonchev–Trinajstić information content (AvgIpc) is 2.32. The van der Waals surface area contributed by atoms with E-state index in [1.807, 2.05) is 24.3 Å². The van der Waals surface area contributed by atoms with Crippen LogP contribution in [0.2, 0.25) is 0 Å². The smallest absolute Gasteiger partial charge is 0.147 e. The first-order valence-electron chi connectivity index (χ1n) is 5.56. The van der Waals surface area contributed by atoms with Crippen molar-refractivity contribution in [1.82, 2.24) is 4.98 Å². The maximum Gasteiger partial charge on any atom is 0.147 e. The van der Waals surface area contributed by atoms with Gasteiger partial charge in [-0.15, -0.1) is 0 Å². The van der Waals surface area contributed by atoms with E-state index in [2.05, 4.69) is 20.9 Å². The van der Waals surface area contributed by atoms with Gasteiger partial charge in [-0.2, -0.15) is 0 Å². The van der Waals surface area contributed by atoms with Crippen LogP contribution in [0.3, 0.4) is 0 Å². The first-order chi connectivity index (χ1) is 8.49. The Bertz CT molecular complexity index is 540. The van der Waals surface area contributed by atoms with Gasteiger partial charge in [-0.3, -0.25) is 4.98 Å². The molecule has 2 nitrogen and oxygen atoms in total. The predicted molar refractivity (Wildman–Crippen MR) is 71.6 cm³/mol. The Kier molecular flexibility index (Phi) is 3.78. The molecule has 0 aliphatic carbocycles. The number of halogens is 2. The van der Waals surface area contributed by atoms with Crippen LogP contribution in [0.25, 0.3) is 0 Å². The molecule has 0 amide bonds. The highest BCUT2D eigenvalue weighted by Crippen LogP contribution is 2.27. The summed E-state index contributed by atoms with van der Waals surface area (Å²) in [6.45, 7) is 1.60. The standard InChI is InChI=1S/C14H13BrFNO/c1-14(18,12-6-7-17-9-13(12)16)8-10-2-4-11(15)5-3-10/h2-7,9,18H,8H2,1H3. The van der Waals surface area contributed by atoms with Crippen molar-refractivity contribution in [2.75, 3.05) is 0 Å². The van der Waals surface area contributed by atoms with Crippen LogP contribution in [0.4, 0.5) is 4.39 Å². The summed E-state index contributed by atoms with van der Waals surface area (Å²) in [5.41, 5.74) is -0.0410. The maximum absolute atomic E-state index is 13.6. The molecule has 0 spiro atoms. The molecular weight excluding hydrogens is 297 g/mol. The minimum atomic E-state index is -1.25. The molecule has 0 bridgehead atoms. The highest BCUT2D eigenvalue weighted by Gasteiger charge is 2.26. The fourth-order valence-corrected chi connectivity index (χ4v) is 2.17. The van der Waals surface area contributed by atoms with E-state index in [1.54, 1.807) is 6.92 Å². The molecule has 1 aromatic carbocycles. The van der Waals surface area contributed by atoms with Gasteiger partial charge in [0.15, 0.2) is 0 Å². The van der Waals surface area contributed by atoms with Crippen molar-refractivity contribution in [3.63, 3.8) is 0 Å². The molecule has 1 atom stereocenters. The van der Waals surface area contributed by atoms with E-state index in [9.17, 15) is 9.50 Å². The SMILES string of the molecule is CC(O)(Cc1ccc(Br)cc1)c1ccncc1F. The van der Waals surface area contributed by atoms with Gasteiger partial charge in [-0.25, -0.2) is 4.39 Å². The van der Waals surface area contributed by atoms with E-state index >= 15 is 0 Å². The molecule has 0 radical (unpaired) electrons. The van der Waals surface area contributed by atoms with Crippen LogP contribution in [0, 0.1) is 5.82 Å². The second-order valence-electron chi connectivity index (χ2n) is 4.43. The number of aliphatic hydroxyl groups is 1. The molecule has 1 aromatic heterocycles. The first kappa shape index (κ1) is 13.2. The minimum Gasteiger partial charge on any atom is -0.385 e. The predicted octanol–water partition coefficient (Wildman–Crippen LogP) is 3.43. The molecular formula is C14H13BrFNO. The molecule has 0 saturated carbocycles. The van der Waals surface area contributed by atoms with Crippen molar-refractivity contribution >= 4 is 15.9 Å². The summed E-state index contributed by atoms with van der Waals surface area (Å²) >= 11 is 3.35. The molecule has 0 fully saturated rings. The van der Waals surface area contributed by atoms with Gasteiger partial charge in [0.2, 0.25) is 0 Å². The molecule has 1 unspecified atom stereocenters. The lowest BCUT2D eigenvalue weighted by molar-refractivity contribution is 0.0536. The van der Waals surface area contributed by atoms with E-state index in [1.165, 1.54) is 12.3 Å². The summed E-state index contributed by atoms with van der Waals surface area (Å²) in [5.74, 6) is -0.486. The Labute approximate surface area is 114 Å². The lowest BCUT2D eigenvalue weighted by Crippen LogP contribution is -2.25. The monoisotopic (exact) mass is 309 g/mol. The highest BCUT2D eigenvalue weighted by atomic mass is 79.9. The third kappa shape index (κ3) is 2.94. The van der Waals surface area contributed by atoms with Gasteiger partial charge in [-0.1, -0.05) is 28.1 Å². The van der Waals surface area contributed by atoms with E-state index in [4.69, 9.17) is 0 Å². The zero-order chi connectivity index (χ0) is 13.2. The van der Waals surface area contributed by atoms with Crippen LogP contribution < -0.4 is 0 Å². The van der Waals surface area contributed by atoms with Gasteiger partial charge < -0.3 is 5.11 Å². The Balaban J connectivity index is 2.27. The van der Waals surface area contributed by atoms with E-state index in [0.29, 0.717) is 6.42 Å². The summed E-state index contributed by atoms with van der Waals surface area (Å²) in [6.07, 6.45) is 2.95. The van der Waals surface area contributed by atoms with Crippen LogP contribution >= 0.6 is 15.9 Å². The average molecular weight is 310 g/mol. The third-order valence-corrected chi connectivity index (χ3v) is 3.34. The summed E-state index contributed by atoms with van der Waals surface area (Å²) < 4.78 is 14.6. The van der Waals surface area contributed by atoms with E-state index < -0.39 is 11.4 Å². The number of benzene rings is 1. The zero-order valence-electron chi connectivity index (χ0n) is 9.90. The van der Waals surface area contributed by atoms with Crippen LogP contribution in [0.1, 0.15) is 18.1 Å². The lowest BCUT2D eigenvalue weighted by atomic mass is 9.89. The molecule has 18 heavy (non-hydrogen) atoms. The second-order valence-corrected chi connectivity index (χ2v) is 5.35. The molecule has 0 aliphatic heterocycles. The van der Waals surface area contributed by atoms with Crippen molar-refractivity contribution in [2.24, 2.45) is 0 Å². The molecule has 0 aliphatic rings. The number of hydrogen-bond acceptors (Lipinski definition) is 2. The number of aromatic nitrogens is 1. The third-order valence-electron chi connectivity index (χ3n) is 2.81. The van der Waals surface area contributed by atoms with Gasteiger partial charge in [0, 0.05) is 22.7 Å². The van der Waals surface area contributed by atoms with Gasteiger partial charge >= 0.3 is 0 Å². The molecule has 94 valence electrons. The van der Waals surface area contributed by atoms with Crippen LogP contribution in [0.5, 0.6) is 0 Å². The Morgan fingerprint density at radius 1 is 1.28 bits per heavy atom. The van der Waals surface area contributed by atoms with Crippen molar-refractivity contribution in [2.45, 2.75) is 18.9 Å². The molecule has 0 saturated heterocycles. The molecule has 1 heterocycles. The molecule has 4 heteroatoms. The lowest BCUT2D eigenvalue weighted by Gasteiger charge is -2.24. The van der Waals surface area contributed by atoms with Gasteiger partial charge in [0.1, 0.15) is 5.82 Å². The summed E-state index contributed by atoms with van der Waals surface area (Å²) in [5, 5.41) is 10.4. The summed E-state index contributed by atoms with van der Waals surface area (Å²) in [7, 11) is 0. The van der Waals surface area contributed by atoms with Crippen molar-refractivity contribution < 1.29 is 9.50 Å². The Hall–Kier alpha value is -1.26. The first-order valence-corrected chi connectivity index (χ1v) is 6.35. The summed E-state index contributed by atoms with van der Waals surface area (Å²) in [6, 6.07) is 9.10. The zero-order valence-corrected chi connectivity index (χ0v) is 11.5. The molecule has 2 aromatic rings. The fourth-order valence-electron chi connectivity index (χ4n) is 1.91. The minimum absolute atomic E-state index is 0.264. The van der Waals surface area contributed by atoms with Crippen LogP contribution in [-0.2, 0) is 12.0 Å². The molecule has 1 N–H and O–H groups in total. The Morgan fingerprint density at radius 2 is 1.94 bits per heavy atom. The number of hydrogen-bond donors (Lipinski definition) is 1. The summed E-state index contributed by atoms with van der Waals surface area (Å²) in [4.78, 5) is 3.68. The van der Waals surface area contributed by atoms with Crippen molar-refractivity contribution in [3.05, 3.63) is 64.1 Å². The van der Waals surface area contributed by atoms with Gasteiger partial charge in [0.25, 0.3) is 0 Å².